The summed E-state index contributed by atoms with van der Waals surface area (Å²) in [6.07, 6.45) is 0.336. The lowest BCUT2D eigenvalue weighted by Crippen LogP contribution is -2.36. The Bertz CT molecular complexity index is 842. The monoisotopic (exact) mass is 405 g/mol. The maximum atomic E-state index is 12.1. The molecule has 0 saturated carbocycles. The van der Waals surface area contributed by atoms with Gasteiger partial charge in [0.1, 0.15) is 18.0 Å². The number of anilines is 1. The van der Waals surface area contributed by atoms with E-state index in [0.717, 1.165) is 0 Å². The molecule has 28 heavy (non-hydrogen) atoms. The van der Waals surface area contributed by atoms with Crippen LogP contribution in [-0.4, -0.2) is 42.0 Å². The maximum Gasteiger partial charge on any atom is 0.326 e. The molecule has 148 valence electrons. The van der Waals surface area contributed by atoms with Gasteiger partial charge in [-0.05, 0) is 50.2 Å². The van der Waals surface area contributed by atoms with Crippen molar-refractivity contribution in [2.75, 3.05) is 18.5 Å². The third-order valence-corrected chi connectivity index (χ3v) is 3.69. The van der Waals surface area contributed by atoms with Gasteiger partial charge in [-0.2, -0.15) is 0 Å². The number of halogens is 1. The average molecular weight is 406 g/mol. The van der Waals surface area contributed by atoms with Crippen molar-refractivity contribution >= 4 is 35.1 Å². The van der Waals surface area contributed by atoms with Gasteiger partial charge in [0.2, 0.25) is 0 Å². The number of ether oxygens (including phenoxy) is 2. The van der Waals surface area contributed by atoms with E-state index < -0.39 is 30.4 Å². The zero-order chi connectivity index (χ0) is 20.5. The molecule has 9 heteroatoms. The molecule has 0 aliphatic rings. The van der Waals surface area contributed by atoms with E-state index in [1.807, 2.05) is 6.92 Å². The third kappa shape index (κ3) is 6.55. The van der Waals surface area contributed by atoms with E-state index in [9.17, 15) is 14.4 Å². The van der Waals surface area contributed by atoms with E-state index in [-0.39, 0.29) is 5.69 Å². The Balaban J connectivity index is 1.79. The van der Waals surface area contributed by atoms with E-state index >= 15 is 0 Å². The SMILES string of the molecule is CCOc1ccc(NC(=O)[C@@H](C)OC(=O)CNC(=O)c2cc(Cl)ccn2)cc1. The fourth-order valence-corrected chi connectivity index (χ4v) is 2.27. The molecule has 0 aliphatic carbocycles. The quantitative estimate of drug-likeness (QED) is 0.653. The molecule has 1 aromatic carbocycles. The predicted octanol–water partition coefficient (Wildman–Crippen LogP) is 2.43. The number of hydrogen-bond acceptors (Lipinski definition) is 6. The van der Waals surface area contributed by atoms with Gasteiger partial charge in [0.25, 0.3) is 11.8 Å². The molecule has 0 aliphatic heterocycles. The second-order valence-electron chi connectivity index (χ2n) is 5.62. The molecule has 2 N–H and O–H groups in total. The number of carbonyl (C=O) groups excluding carboxylic acids is 3. The van der Waals surface area contributed by atoms with Crippen molar-refractivity contribution in [3.8, 4) is 5.75 Å². The van der Waals surface area contributed by atoms with E-state index in [1.54, 1.807) is 24.3 Å². The molecule has 1 aromatic heterocycles. The summed E-state index contributed by atoms with van der Waals surface area (Å²) in [5.41, 5.74) is 0.610. The maximum absolute atomic E-state index is 12.1. The number of pyridine rings is 1. The Labute approximate surface area is 167 Å². The summed E-state index contributed by atoms with van der Waals surface area (Å²) in [6.45, 7) is 3.44. The van der Waals surface area contributed by atoms with Gasteiger partial charge in [-0.25, -0.2) is 0 Å². The largest absolute Gasteiger partial charge is 0.494 e. The highest BCUT2D eigenvalue weighted by atomic mass is 35.5. The molecular weight excluding hydrogens is 386 g/mol. The van der Waals surface area contributed by atoms with Crippen LogP contribution in [-0.2, 0) is 14.3 Å². The molecular formula is C19H20ClN3O5. The van der Waals surface area contributed by atoms with Gasteiger partial charge < -0.3 is 20.1 Å². The summed E-state index contributed by atoms with van der Waals surface area (Å²) in [4.78, 5) is 39.7. The predicted molar refractivity (Wildman–Crippen MR) is 103 cm³/mol. The molecule has 0 fully saturated rings. The van der Waals surface area contributed by atoms with Crippen LogP contribution < -0.4 is 15.4 Å². The number of nitrogens with one attached hydrogen (secondary N) is 2. The second kappa shape index (κ2) is 10.3. The average Bonchev–Trinajstić information content (AvgIpc) is 2.67. The molecule has 1 heterocycles. The highest BCUT2D eigenvalue weighted by Gasteiger charge is 2.19. The summed E-state index contributed by atoms with van der Waals surface area (Å²) in [5, 5.41) is 5.34. The van der Waals surface area contributed by atoms with Gasteiger partial charge in [0.05, 0.1) is 6.61 Å². The highest BCUT2D eigenvalue weighted by molar-refractivity contribution is 6.30. The summed E-state index contributed by atoms with van der Waals surface area (Å²) in [5.74, 6) is -1.15. The summed E-state index contributed by atoms with van der Waals surface area (Å²) in [7, 11) is 0. The summed E-state index contributed by atoms with van der Waals surface area (Å²) < 4.78 is 10.3. The Hall–Kier alpha value is -3.13. The van der Waals surface area contributed by atoms with Crippen molar-refractivity contribution in [1.29, 1.82) is 0 Å². The minimum absolute atomic E-state index is 0.0709. The van der Waals surface area contributed by atoms with Crippen molar-refractivity contribution in [3.63, 3.8) is 0 Å². The number of benzene rings is 1. The van der Waals surface area contributed by atoms with Crippen molar-refractivity contribution in [2.45, 2.75) is 20.0 Å². The van der Waals surface area contributed by atoms with E-state index in [2.05, 4.69) is 15.6 Å². The topological polar surface area (TPSA) is 107 Å². The first-order valence-electron chi connectivity index (χ1n) is 8.52. The van der Waals surface area contributed by atoms with Crippen LogP contribution in [0.3, 0.4) is 0 Å². The lowest BCUT2D eigenvalue weighted by Gasteiger charge is -2.14. The molecule has 1 atom stereocenters. The Kier molecular flexibility index (Phi) is 7.76. The number of esters is 1. The number of hydrogen-bond donors (Lipinski definition) is 2. The Morgan fingerprint density at radius 1 is 1.18 bits per heavy atom. The molecule has 0 saturated heterocycles. The summed E-state index contributed by atoms with van der Waals surface area (Å²) >= 11 is 5.78. The van der Waals surface area contributed by atoms with Gasteiger partial charge in [0.15, 0.2) is 6.10 Å². The Morgan fingerprint density at radius 3 is 2.54 bits per heavy atom. The molecule has 0 spiro atoms. The number of amides is 2. The fourth-order valence-electron chi connectivity index (χ4n) is 2.11. The van der Waals surface area contributed by atoms with Crippen molar-refractivity contribution in [1.82, 2.24) is 10.3 Å². The smallest absolute Gasteiger partial charge is 0.326 e. The standard InChI is InChI=1S/C19H20ClN3O5/c1-3-27-15-6-4-14(5-7-15)23-18(25)12(2)28-17(24)11-22-19(26)16-10-13(20)8-9-21-16/h4-10,12H,3,11H2,1-2H3,(H,22,26)(H,23,25)/t12-/m1/s1. The zero-order valence-electron chi connectivity index (χ0n) is 15.4. The van der Waals surface area contributed by atoms with Crippen molar-refractivity contribution in [3.05, 3.63) is 53.3 Å². The highest BCUT2D eigenvalue weighted by Crippen LogP contribution is 2.16. The Morgan fingerprint density at radius 2 is 1.89 bits per heavy atom. The number of aromatic nitrogens is 1. The fraction of sp³-hybridized carbons (Fsp3) is 0.263. The van der Waals surface area contributed by atoms with Gasteiger partial charge in [-0.3, -0.25) is 19.4 Å². The molecule has 2 amide bonds. The first-order valence-corrected chi connectivity index (χ1v) is 8.89. The lowest BCUT2D eigenvalue weighted by molar-refractivity contribution is -0.152. The van der Waals surface area contributed by atoms with Gasteiger partial charge in [-0.15, -0.1) is 0 Å². The van der Waals surface area contributed by atoms with Crippen LogP contribution in [0, 0.1) is 0 Å². The van der Waals surface area contributed by atoms with Gasteiger partial charge in [0, 0.05) is 16.9 Å². The number of nitrogens with zero attached hydrogens (tertiary/aromatic N) is 1. The zero-order valence-corrected chi connectivity index (χ0v) is 16.2. The van der Waals surface area contributed by atoms with E-state index in [4.69, 9.17) is 21.1 Å². The third-order valence-electron chi connectivity index (χ3n) is 3.46. The first-order chi connectivity index (χ1) is 13.4. The van der Waals surface area contributed by atoms with Crippen LogP contribution in [0.4, 0.5) is 5.69 Å². The molecule has 0 unspecified atom stereocenters. The summed E-state index contributed by atoms with van der Waals surface area (Å²) in [6, 6.07) is 9.68. The first kappa shape index (κ1) is 21.2. The van der Waals surface area contributed by atoms with Crippen LogP contribution in [0.2, 0.25) is 5.02 Å². The molecule has 2 aromatic rings. The molecule has 2 rings (SSSR count). The lowest BCUT2D eigenvalue weighted by atomic mass is 10.3. The molecule has 8 nitrogen and oxygen atoms in total. The number of rotatable bonds is 8. The number of carbonyl (C=O) groups is 3. The minimum Gasteiger partial charge on any atom is -0.494 e. The molecule has 0 radical (unpaired) electrons. The van der Waals surface area contributed by atoms with Crippen LogP contribution in [0.5, 0.6) is 5.75 Å². The van der Waals surface area contributed by atoms with Gasteiger partial charge in [-0.1, -0.05) is 11.6 Å². The molecule has 0 bridgehead atoms. The van der Waals surface area contributed by atoms with Crippen LogP contribution in [0.1, 0.15) is 24.3 Å². The van der Waals surface area contributed by atoms with Crippen LogP contribution in [0.25, 0.3) is 0 Å². The van der Waals surface area contributed by atoms with Crippen LogP contribution in [0.15, 0.2) is 42.6 Å². The second-order valence-corrected chi connectivity index (χ2v) is 6.06. The normalized spacial score (nSPS) is 11.2. The van der Waals surface area contributed by atoms with E-state index in [0.29, 0.717) is 23.1 Å². The van der Waals surface area contributed by atoms with Crippen molar-refractivity contribution < 1.29 is 23.9 Å². The van der Waals surface area contributed by atoms with Gasteiger partial charge >= 0.3 is 5.97 Å². The minimum atomic E-state index is -1.04. The van der Waals surface area contributed by atoms with Crippen LogP contribution >= 0.6 is 11.6 Å². The van der Waals surface area contributed by atoms with Crippen molar-refractivity contribution in [2.24, 2.45) is 0 Å². The van der Waals surface area contributed by atoms with E-state index in [1.165, 1.54) is 25.3 Å².